The Labute approximate surface area is 160 Å². The fraction of sp³-hybridized carbons (Fsp3) is 0.304. The Kier molecular flexibility index (Phi) is 6.42. The maximum atomic E-state index is 12.3. The molecule has 0 heterocycles. The first-order chi connectivity index (χ1) is 13.1. The van der Waals surface area contributed by atoms with Crippen LogP contribution in [0.4, 0.5) is 5.69 Å². The van der Waals surface area contributed by atoms with Gasteiger partial charge in [0.2, 0.25) is 0 Å². The number of hydrogen-bond acceptors (Lipinski definition) is 2. The van der Waals surface area contributed by atoms with Crippen molar-refractivity contribution in [3.63, 3.8) is 0 Å². The molecule has 0 radical (unpaired) electrons. The lowest BCUT2D eigenvalue weighted by Crippen LogP contribution is -2.25. The molecule has 27 heavy (non-hydrogen) atoms. The molecule has 2 aromatic rings. The number of benzene rings is 2. The van der Waals surface area contributed by atoms with E-state index in [0.29, 0.717) is 17.7 Å². The number of aryl methyl sites for hydroxylation is 1. The van der Waals surface area contributed by atoms with Crippen LogP contribution in [0.3, 0.4) is 0 Å². The first kappa shape index (κ1) is 18.9. The number of rotatable bonds is 6. The summed E-state index contributed by atoms with van der Waals surface area (Å²) in [6.07, 6.45) is 8.07. The van der Waals surface area contributed by atoms with Gasteiger partial charge in [-0.2, -0.15) is 0 Å². The number of carbonyl (C=O) groups is 2. The van der Waals surface area contributed by atoms with Crippen molar-refractivity contribution in [1.82, 2.24) is 5.32 Å². The number of hydrogen-bond donors (Lipinski definition) is 2. The summed E-state index contributed by atoms with van der Waals surface area (Å²) in [4.78, 5) is 24.6. The Morgan fingerprint density at radius 3 is 2.37 bits per heavy atom. The number of anilines is 1. The smallest absolute Gasteiger partial charge is 0.255 e. The maximum absolute atomic E-state index is 12.3. The molecule has 0 saturated carbocycles. The van der Waals surface area contributed by atoms with Crippen LogP contribution in [0, 0.1) is 6.92 Å². The Morgan fingerprint density at radius 2 is 1.70 bits per heavy atom. The van der Waals surface area contributed by atoms with Gasteiger partial charge < -0.3 is 10.6 Å². The van der Waals surface area contributed by atoms with Crippen LogP contribution in [0.25, 0.3) is 0 Å². The molecule has 0 aliphatic heterocycles. The van der Waals surface area contributed by atoms with Gasteiger partial charge in [0.05, 0.1) is 0 Å². The number of amides is 2. The molecule has 0 bridgehead atoms. The second-order valence-electron chi connectivity index (χ2n) is 7.02. The zero-order chi connectivity index (χ0) is 19.1. The number of allylic oxidation sites excluding steroid dienone is 1. The highest BCUT2D eigenvalue weighted by atomic mass is 16.2. The summed E-state index contributed by atoms with van der Waals surface area (Å²) in [5.74, 6) is -0.283. The molecule has 140 valence electrons. The zero-order valence-corrected chi connectivity index (χ0v) is 15.8. The summed E-state index contributed by atoms with van der Waals surface area (Å²) in [5, 5.41) is 5.83. The predicted octanol–water partition coefficient (Wildman–Crippen LogP) is 4.87. The molecule has 3 rings (SSSR count). The monoisotopic (exact) mass is 362 g/mol. The van der Waals surface area contributed by atoms with Gasteiger partial charge in [0.1, 0.15) is 0 Å². The van der Waals surface area contributed by atoms with Gasteiger partial charge in [-0.3, -0.25) is 9.59 Å². The normalized spacial score (nSPS) is 13.6. The highest BCUT2D eigenvalue weighted by Crippen LogP contribution is 2.19. The van der Waals surface area contributed by atoms with Gasteiger partial charge in [-0.1, -0.05) is 23.8 Å². The van der Waals surface area contributed by atoms with Crippen molar-refractivity contribution >= 4 is 17.5 Å². The lowest BCUT2D eigenvalue weighted by Gasteiger charge is -2.13. The molecule has 4 heteroatoms. The van der Waals surface area contributed by atoms with Crippen molar-refractivity contribution in [2.75, 3.05) is 11.9 Å². The van der Waals surface area contributed by atoms with Gasteiger partial charge in [-0.05, 0) is 81.0 Å². The molecule has 2 amide bonds. The third kappa shape index (κ3) is 5.55. The average Bonchev–Trinajstić information content (AvgIpc) is 2.69. The first-order valence-electron chi connectivity index (χ1n) is 9.56. The summed E-state index contributed by atoms with van der Waals surface area (Å²) in [5.41, 5.74) is 4.40. The first-order valence-corrected chi connectivity index (χ1v) is 9.56. The van der Waals surface area contributed by atoms with Gasteiger partial charge >= 0.3 is 0 Å². The van der Waals surface area contributed by atoms with Crippen LogP contribution in [0.1, 0.15) is 58.4 Å². The fourth-order valence-electron chi connectivity index (χ4n) is 3.27. The van der Waals surface area contributed by atoms with E-state index in [1.165, 1.54) is 18.4 Å². The highest BCUT2D eigenvalue weighted by molar-refractivity contribution is 6.05. The minimum Gasteiger partial charge on any atom is -0.352 e. The number of carbonyl (C=O) groups excluding carboxylic acids is 2. The number of nitrogens with one attached hydrogen (secondary N) is 2. The largest absolute Gasteiger partial charge is 0.352 e. The molecule has 0 saturated heterocycles. The fourth-order valence-corrected chi connectivity index (χ4v) is 3.27. The topological polar surface area (TPSA) is 58.2 Å². The van der Waals surface area contributed by atoms with E-state index < -0.39 is 0 Å². The van der Waals surface area contributed by atoms with Gasteiger partial charge in [0, 0.05) is 23.4 Å². The Morgan fingerprint density at radius 1 is 0.963 bits per heavy atom. The molecule has 2 N–H and O–H groups in total. The van der Waals surface area contributed by atoms with E-state index in [9.17, 15) is 9.59 Å². The second kappa shape index (κ2) is 9.17. The van der Waals surface area contributed by atoms with Crippen LogP contribution < -0.4 is 10.6 Å². The summed E-state index contributed by atoms with van der Waals surface area (Å²) in [7, 11) is 0. The van der Waals surface area contributed by atoms with Crippen molar-refractivity contribution < 1.29 is 9.59 Å². The quantitative estimate of drug-likeness (QED) is 0.721. The van der Waals surface area contributed by atoms with E-state index in [4.69, 9.17) is 0 Å². The van der Waals surface area contributed by atoms with E-state index in [-0.39, 0.29) is 11.8 Å². The van der Waals surface area contributed by atoms with E-state index in [0.717, 1.165) is 30.5 Å². The molecule has 2 aromatic carbocycles. The van der Waals surface area contributed by atoms with Crippen molar-refractivity contribution in [3.8, 4) is 0 Å². The molecule has 4 nitrogen and oxygen atoms in total. The summed E-state index contributed by atoms with van der Waals surface area (Å²) >= 11 is 0. The van der Waals surface area contributed by atoms with Gasteiger partial charge in [-0.25, -0.2) is 0 Å². The van der Waals surface area contributed by atoms with Crippen LogP contribution >= 0.6 is 0 Å². The summed E-state index contributed by atoms with van der Waals surface area (Å²) in [6, 6.07) is 14.4. The summed E-state index contributed by atoms with van der Waals surface area (Å²) < 4.78 is 0. The van der Waals surface area contributed by atoms with E-state index in [2.05, 4.69) is 16.7 Å². The molecule has 0 unspecified atom stereocenters. The summed E-state index contributed by atoms with van der Waals surface area (Å²) in [6.45, 7) is 2.63. The van der Waals surface area contributed by atoms with Gasteiger partial charge in [-0.15, -0.1) is 0 Å². The van der Waals surface area contributed by atoms with Crippen LogP contribution in [0.5, 0.6) is 0 Å². The van der Waals surface area contributed by atoms with E-state index >= 15 is 0 Å². The van der Waals surface area contributed by atoms with E-state index in [1.54, 1.807) is 24.3 Å². The minimum absolute atomic E-state index is 0.1000. The second-order valence-corrected chi connectivity index (χ2v) is 7.02. The van der Waals surface area contributed by atoms with Crippen LogP contribution in [-0.2, 0) is 0 Å². The van der Waals surface area contributed by atoms with Crippen molar-refractivity contribution in [3.05, 3.63) is 76.9 Å². The molecule has 1 aliphatic carbocycles. The van der Waals surface area contributed by atoms with Crippen molar-refractivity contribution in [1.29, 1.82) is 0 Å². The Balaban J connectivity index is 1.52. The predicted molar refractivity (Wildman–Crippen MR) is 109 cm³/mol. The van der Waals surface area contributed by atoms with Crippen LogP contribution in [-0.4, -0.2) is 18.4 Å². The lowest BCUT2D eigenvalue weighted by molar-refractivity contribution is 0.0952. The molecule has 0 atom stereocenters. The minimum atomic E-state index is -0.184. The third-order valence-corrected chi connectivity index (χ3v) is 4.80. The maximum Gasteiger partial charge on any atom is 0.255 e. The highest BCUT2D eigenvalue weighted by Gasteiger charge is 2.10. The van der Waals surface area contributed by atoms with E-state index in [1.807, 2.05) is 31.2 Å². The van der Waals surface area contributed by atoms with Crippen LogP contribution in [0.15, 0.2) is 60.2 Å². The lowest BCUT2D eigenvalue weighted by atomic mass is 9.97. The molecule has 0 fully saturated rings. The van der Waals surface area contributed by atoms with Crippen LogP contribution in [0.2, 0.25) is 0 Å². The molecule has 0 spiro atoms. The van der Waals surface area contributed by atoms with Crippen molar-refractivity contribution in [2.45, 2.75) is 39.0 Å². The average molecular weight is 362 g/mol. The third-order valence-electron chi connectivity index (χ3n) is 4.80. The van der Waals surface area contributed by atoms with Gasteiger partial charge in [0.25, 0.3) is 11.8 Å². The van der Waals surface area contributed by atoms with Crippen molar-refractivity contribution in [2.24, 2.45) is 0 Å². The molecular weight excluding hydrogens is 336 g/mol. The van der Waals surface area contributed by atoms with Gasteiger partial charge in [0.15, 0.2) is 0 Å². The Hall–Kier alpha value is -2.88. The molecular formula is C23H26N2O2. The zero-order valence-electron chi connectivity index (χ0n) is 15.8. The molecule has 0 aromatic heterocycles. The molecule has 1 aliphatic rings. The standard InChI is InChI=1S/C23H26N2O2/c1-17-6-5-9-21(16-17)25-23(27)20-12-10-19(11-13-20)22(26)24-15-14-18-7-3-2-4-8-18/h5-7,9-13,16H,2-4,8,14-15H2,1H3,(H,24,26)(H,25,27). The Bertz CT molecular complexity index is 838. The SMILES string of the molecule is Cc1cccc(NC(=O)c2ccc(C(=O)NCCC3=CCCCC3)cc2)c1.